The minimum absolute atomic E-state index is 0.0612. The number of carbonyl (C=O) groups is 3. The quantitative estimate of drug-likeness (QED) is 0.555. The molecule has 0 spiro atoms. The molecule has 0 radical (unpaired) electrons. The maximum atomic E-state index is 12.9. The lowest BCUT2D eigenvalue weighted by atomic mass is 10.1. The molecule has 8 nitrogen and oxygen atoms in total. The number of carbonyl (C=O) groups excluding carboxylic acids is 3. The van der Waals surface area contributed by atoms with Gasteiger partial charge in [-0.05, 0) is 73.9 Å². The first-order valence-corrected chi connectivity index (χ1v) is 13.1. The smallest absolute Gasteiger partial charge is 0.253 e. The van der Waals surface area contributed by atoms with Crippen LogP contribution in [0.25, 0.3) is 12.2 Å². The van der Waals surface area contributed by atoms with Gasteiger partial charge in [0.15, 0.2) is 0 Å². The summed E-state index contributed by atoms with van der Waals surface area (Å²) in [5.41, 5.74) is 3.44. The summed E-state index contributed by atoms with van der Waals surface area (Å²) in [7, 11) is 0. The van der Waals surface area contributed by atoms with E-state index in [1.807, 2.05) is 60.7 Å². The van der Waals surface area contributed by atoms with E-state index in [4.69, 9.17) is 9.47 Å². The van der Waals surface area contributed by atoms with Gasteiger partial charge in [-0.3, -0.25) is 14.4 Å². The molecule has 0 unspecified atom stereocenters. The Hall–Kier alpha value is -3.49. The summed E-state index contributed by atoms with van der Waals surface area (Å²) in [6.07, 6.45) is 8.03. The van der Waals surface area contributed by atoms with Crippen molar-refractivity contribution in [2.75, 3.05) is 30.4 Å². The number of hydrogen-bond donors (Lipinski definition) is 2. The third kappa shape index (κ3) is 6.26. The van der Waals surface area contributed by atoms with Gasteiger partial charge in [-0.1, -0.05) is 36.4 Å². The number of benzene rings is 2. The number of ether oxygens (including phenoxy) is 2. The molecule has 0 bridgehead atoms. The molecule has 2 N–H and O–H groups in total. The molecule has 3 heterocycles. The predicted molar refractivity (Wildman–Crippen MR) is 142 cm³/mol. The second-order valence-electron chi connectivity index (χ2n) is 9.75. The molecule has 3 aliphatic rings. The summed E-state index contributed by atoms with van der Waals surface area (Å²) in [5, 5.41) is 5.86. The van der Waals surface area contributed by atoms with E-state index < -0.39 is 12.1 Å². The number of likely N-dealkylation sites (tertiary alicyclic amines) is 1. The van der Waals surface area contributed by atoms with Gasteiger partial charge in [0.25, 0.3) is 11.8 Å². The molecule has 2 aromatic rings. The van der Waals surface area contributed by atoms with Crippen LogP contribution in [0.5, 0.6) is 0 Å². The second-order valence-corrected chi connectivity index (χ2v) is 9.75. The van der Waals surface area contributed by atoms with Crippen LogP contribution in [-0.2, 0) is 23.9 Å². The van der Waals surface area contributed by atoms with E-state index in [0.717, 1.165) is 48.9 Å². The maximum Gasteiger partial charge on any atom is 0.253 e. The van der Waals surface area contributed by atoms with Crippen molar-refractivity contribution in [3.8, 4) is 0 Å². The minimum atomic E-state index is -0.449. The average Bonchev–Trinajstić information content (AvgIpc) is 3.71. The van der Waals surface area contributed by atoms with Crippen LogP contribution >= 0.6 is 0 Å². The van der Waals surface area contributed by atoms with Gasteiger partial charge in [-0.25, -0.2) is 0 Å². The summed E-state index contributed by atoms with van der Waals surface area (Å²) in [6.45, 7) is 1.86. The zero-order chi connectivity index (χ0) is 25.6. The Kier molecular flexibility index (Phi) is 7.96. The number of amides is 3. The first-order chi connectivity index (χ1) is 18.1. The van der Waals surface area contributed by atoms with Crippen LogP contribution in [0.15, 0.2) is 48.5 Å². The molecule has 5 rings (SSSR count). The van der Waals surface area contributed by atoms with E-state index in [1.165, 1.54) is 0 Å². The van der Waals surface area contributed by atoms with Gasteiger partial charge in [0.05, 0.1) is 0 Å². The highest BCUT2D eigenvalue weighted by Gasteiger charge is 2.38. The number of nitrogens with one attached hydrogen (secondary N) is 2. The molecule has 0 saturated carbocycles. The lowest BCUT2D eigenvalue weighted by Crippen LogP contribution is -2.47. The van der Waals surface area contributed by atoms with E-state index in [-0.39, 0.29) is 23.8 Å². The summed E-state index contributed by atoms with van der Waals surface area (Å²) < 4.78 is 11.0. The van der Waals surface area contributed by atoms with Crippen LogP contribution in [0.4, 0.5) is 11.4 Å². The molecule has 0 aliphatic carbocycles. The van der Waals surface area contributed by atoms with Gasteiger partial charge in [0, 0.05) is 31.1 Å². The van der Waals surface area contributed by atoms with E-state index in [9.17, 15) is 14.4 Å². The SMILES string of the molecule is O=C(Nc1ccc(/C=C/c2ccc(NC(=O)[C@@H]3CCCN3C(=O)[C@H]3CCCO3)cc2)cc1)[C@H]1CCCO1. The molecule has 3 saturated heterocycles. The van der Waals surface area contributed by atoms with Crippen LogP contribution in [0, 0.1) is 0 Å². The van der Waals surface area contributed by atoms with Crippen molar-refractivity contribution in [1.82, 2.24) is 4.90 Å². The fourth-order valence-corrected chi connectivity index (χ4v) is 5.04. The van der Waals surface area contributed by atoms with Gasteiger partial charge in [-0.2, -0.15) is 0 Å². The van der Waals surface area contributed by atoms with Crippen molar-refractivity contribution >= 4 is 41.2 Å². The maximum absolute atomic E-state index is 12.9. The fourth-order valence-electron chi connectivity index (χ4n) is 5.04. The number of rotatable bonds is 7. The summed E-state index contributed by atoms with van der Waals surface area (Å²) >= 11 is 0. The van der Waals surface area contributed by atoms with Crippen LogP contribution in [-0.4, -0.2) is 60.6 Å². The molecule has 3 aliphatic heterocycles. The number of nitrogens with zero attached hydrogens (tertiary/aromatic N) is 1. The van der Waals surface area contributed by atoms with Gasteiger partial charge >= 0.3 is 0 Å². The van der Waals surface area contributed by atoms with Crippen molar-refractivity contribution in [3.05, 3.63) is 59.7 Å². The van der Waals surface area contributed by atoms with Gasteiger partial charge in [0.1, 0.15) is 18.2 Å². The average molecular weight is 504 g/mol. The van der Waals surface area contributed by atoms with Crippen LogP contribution < -0.4 is 10.6 Å². The number of anilines is 2. The summed E-state index contributed by atoms with van der Waals surface area (Å²) in [5.74, 6) is -0.310. The summed E-state index contributed by atoms with van der Waals surface area (Å²) in [6, 6.07) is 14.8. The lowest BCUT2D eigenvalue weighted by molar-refractivity contribution is -0.144. The Bertz CT molecular complexity index is 1130. The van der Waals surface area contributed by atoms with Gasteiger partial charge in [-0.15, -0.1) is 0 Å². The molecule has 37 heavy (non-hydrogen) atoms. The topological polar surface area (TPSA) is 97.0 Å². The Balaban J connectivity index is 1.13. The standard InChI is InChI=1S/C29H33N3O5/c33-27(24-4-1-17-32(24)29(35)26-6-3-19-37-26)30-22-13-9-20(10-14-22)7-8-21-11-15-23(16-12-21)31-28(34)25-5-2-18-36-25/h7-16,24-26H,1-6,17-19H2,(H,30,33)(H,31,34)/b8-7+/t24-,25+,26+/m0/s1. The molecule has 3 fully saturated rings. The third-order valence-electron chi connectivity index (χ3n) is 7.09. The lowest BCUT2D eigenvalue weighted by Gasteiger charge is -2.26. The van der Waals surface area contributed by atoms with E-state index >= 15 is 0 Å². The Morgan fingerprint density at radius 2 is 1.24 bits per heavy atom. The highest BCUT2D eigenvalue weighted by Crippen LogP contribution is 2.24. The molecule has 3 amide bonds. The zero-order valence-corrected chi connectivity index (χ0v) is 20.9. The summed E-state index contributed by atoms with van der Waals surface area (Å²) in [4.78, 5) is 39.5. The largest absolute Gasteiger partial charge is 0.368 e. The fraction of sp³-hybridized carbons (Fsp3) is 0.414. The second kappa shape index (κ2) is 11.7. The van der Waals surface area contributed by atoms with Crippen molar-refractivity contribution in [1.29, 1.82) is 0 Å². The third-order valence-corrected chi connectivity index (χ3v) is 7.09. The van der Waals surface area contributed by atoms with Crippen molar-refractivity contribution < 1.29 is 23.9 Å². The molecule has 0 aromatic heterocycles. The van der Waals surface area contributed by atoms with Crippen LogP contribution in [0.1, 0.15) is 49.7 Å². The number of hydrogen-bond acceptors (Lipinski definition) is 5. The highest BCUT2D eigenvalue weighted by molar-refractivity contribution is 5.98. The Morgan fingerprint density at radius 1 is 0.703 bits per heavy atom. The normalized spacial score (nSPS) is 23.5. The van der Waals surface area contributed by atoms with Crippen LogP contribution in [0.2, 0.25) is 0 Å². The van der Waals surface area contributed by atoms with Gasteiger partial charge < -0.3 is 25.0 Å². The van der Waals surface area contributed by atoms with E-state index in [2.05, 4.69) is 10.6 Å². The van der Waals surface area contributed by atoms with Crippen molar-refractivity contribution in [2.45, 2.75) is 56.8 Å². The molecular weight excluding hydrogens is 470 g/mol. The van der Waals surface area contributed by atoms with Crippen LogP contribution in [0.3, 0.4) is 0 Å². The van der Waals surface area contributed by atoms with Gasteiger partial charge in [0.2, 0.25) is 5.91 Å². The Labute approximate surface area is 217 Å². The van der Waals surface area contributed by atoms with Crippen molar-refractivity contribution in [3.63, 3.8) is 0 Å². The Morgan fingerprint density at radius 3 is 1.78 bits per heavy atom. The van der Waals surface area contributed by atoms with E-state index in [1.54, 1.807) is 4.90 Å². The molecule has 2 aromatic carbocycles. The molecule has 8 heteroatoms. The van der Waals surface area contributed by atoms with Crippen molar-refractivity contribution in [2.24, 2.45) is 0 Å². The monoisotopic (exact) mass is 503 g/mol. The first kappa shape index (κ1) is 25.2. The predicted octanol–water partition coefficient (Wildman–Crippen LogP) is 4.08. The molecule has 194 valence electrons. The molecule has 3 atom stereocenters. The minimum Gasteiger partial charge on any atom is -0.368 e. The molecular formula is C29H33N3O5. The van der Waals surface area contributed by atoms with E-state index in [0.29, 0.717) is 31.9 Å². The first-order valence-electron chi connectivity index (χ1n) is 13.1. The zero-order valence-electron chi connectivity index (χ0n) is 20.9. The highest BCUT2D eigenvalue weighted by atomic mass is 16.5.